The van der Waals surface area contributed by atoms with Crippen LogP contribution >= 0.6 is 0 Å². The lowest BCUT2D eigenvalue weighted by Gasteiger charge is -1.95. The van der Waals surface area contributed by atoms with E-state index >= 15 is 0 Å². The zero-order valence-corrected chi connectivity index (χ0v) is 9.72. The molecule has 1 aromatic carbocycles. The molecule has 0 atom stereocenters. The number of nitrogens with zero attached hydrogens (tertiary/aromatic N) is 2. The van der Waals surface area contributed by atoms with Crippen molar-refractivity contribution in [2.45, 2.75) is 26.2 Å². The molecule has 88 valence electrons. The number of hydrogen-bond acceptors (Lipinski definition) is 4. The van der Waals surface area contributed by atoms with Gasteiger partial charge >= 0.3 is 0 Å². The van der Waals surface area contributed by atoms with Crippen molar-refractivity contribution in [3.8, 4) is 0 Å². The number of carbonyl (C=O) groups is 1. The van der Waals surface area contributed by atoms with Crippen LogP contribution in [0.1, 0.15) is 35.4 Å². The maximum atomic E-state index is 11.9. The molecule has 0 aliphatic rings. The average Bonchev–Trinajstić information content (AvgIpc) is 2.78. The summed E-state index contributed by atoms with van der Waals surface area (Å²) in [7, 11) is 0. The normalized spacial score (nSPS) is 10.4. The molecular weight excluding hydrogens is 216 g/mol. The second kappa shape index (κ2) is 5.39. The standard InChI is InChI=1S/C13H14N2O2/c1-2-6-12-14-13(17-15-12)9-11(16)10-7-4-3-5-8-10/h3-5,7-8H,2,6,9H2,1H3. The van der Waals surface area contributed by atoms with Crippen molar-refractivity contribution < 1.29 is 9.32 Å². The van der Waals surface area contributed by atoms with Crippen molar-refractivity contribution in [2.75, 3.05) is 0 Å². The van der Waals surface area contributed by atoms with E-state index in [0.29, 0.717) is 17.3 Å². The Bertz CT molecular complexity index is 491. The summed E-state index contributed by atoms with van der Waals surface area (Å²) in [5, 5.41) is 3.81. The molecule has 0 bridgehead atoms. The molecule has 2 rings (SSSR count). The molecule has 0 spiro atoms. The molecule has 1 aromatic heterocycles. The van der Waals surface area contributed by atoms with Crippen molar-refractivity contribution in [1.82, 2.24) is 10.1 Å². The highest BCUT2D eigenvalue weighted by Crippen LogP contribution is 2.06. The molecule has 0 unspecified atom stereocenters. The first-order chi connectivity index (χ1) is 8.29. The largest absolute Gasteiger partial charge is 0.339 e. The Morgan fingerprint density at radius 3 is 2.76 bits per heavy atom. The molecule has 0 saturated carbocycles. The number of hydrogen-bond donors (Lipinski definition) is 0. The lowest BCUT2D eigenvalue weighted by Crippen LogP contribution is -2.03. The van der Waals surface area contributed by atoms with E-state index in [1.54, 1.807) is 12.1 Å². The highest BCUT2D eigenvalue weighted by Gasteiger charge is 2.12. The third-order valence-corrected chi connectivity index (χ3v) is 2.39. The monoisotopic (exact) mass is 230 g/mol. The first-order valence-electron chi connectivity index (χ1n) is 5.69. The smallest absolute Gasteiger partial charge is 0.234 e. The van der Waals surface area contributed by atoms with E-state index in [4.69, 9.17) is 4.52 Å². The van der Waals surface area contributed by atoms with Crippen molar-refractivity contribution in [3.05, 3.63) is 47.6 Å². The van der Waals surface area contributed by atoms with Crippen LogP contribution in [-0.4, -0.2) is 15.9 Å². The van der Waals surface area contributed by atoms with Gasteiger partial charge < -0.3 is 4.52 Å². The van der Waals surface area contributed by atoms with Crippen LogP contribution < -0.4 is 0 Å². The van der Waals surface area contributed by atoms with Crippen LogP contribution in [0.5, 0.6) is 0 Å². The summed E-state index contributed by atoms with van der Waals surface area (Å²) in [5.74, 6) is 1.06. The average molecular weight is 230 g/mol. The van der Waals surface area contributed by atoms with E-state index in [0.717, 1.165) is 12.8 Å². The number of rotatable bonds is 5. The maximum Gasteiger partial charge on any atom is 0.234 e. The Kier molecular flexibility index (Phi) is 3.65. The fraction of sp³-hybridized carbons (Fsp3) is 0.308. The third-order valence-electron chi connectivity index (χ3n) is 2.39. The molecule has 0 amide bonds. The molecule has 0 fully saturated rings. The van der Waals surface area contributed by atoms with Crippen LogP contribution in [0, 0.1) is 0 Å². The molecule has 4 nitrogen and oxygen atoms in total. The molecule has 17 heavy (non-hydrogen) atoms. The van der Waals surface area contributed by atoms with Gasteiger partial charge in [-0.15, -0.1) is 0 Å². The fourth-order valence-electron chi connectivity index (χ4n) is 1.55. The summed E-state index contributed by atoms with van der Waals surface area (Å²) in [6.07, 6.45) is 1.91. The summed E-state index contributed by atoms with van der Waals surface area (Å²) in [6.45, 7) is 2.05. The van der Waals surface area contributed by atoms with Gasteiger partial charge in [0.25, 0.3) is 0 Å². The molecule has 0 saturated heterocycles. The van der Waals surface area contributed by atoms with Gasteiger partial charge in [-0.3, -0.25) is 4.79 Å². The maximum absolute atomic E-state index is 11.9. The lowest BCUT2D eigenvalue weighted by molar-refractivity contribution is 0.0983. The number of ketones is 1. The number of aromatic nitrogens is 2. The minimum Gasteiger partial charge on any atom is -0.339 e. The quantitative estimate of drug-likeness (QED) is 0.740. The van der Waals surface area contributed by atoms with Gasteiger partial charge in [0, 0.05) is 12.0 Å². The van der Waals surface area contributed by atoms with Crippen LogP contribution in [0.2, 0.25) is 0 Å². The summed E-state index contributed by atoms with van der Waals surface area (Å²) >= 11 is 0. The summed E-state index contributed by atoms with van der Waals surface area (Å²) < 4.78 is 5.03. The van der Waals surface area contributed by atoms with E-state index in [9.17, 15) is 4.79 Å². The van der Waals surface area contributed by atoms with Crippen molar-refractivity contribution in [1.29, 1.82) is 0 Å². The Morgan fingerprint density at radius 2 is 2.06 bits per heavy atom. The van der Waals surface area contributed by atoms with E-state index in [-0.39, 0.29) is 12.2 Å². The van der Waals surface area contributed by atoms with Gasteiger partial charge in [0.2, 0.25) is 5.89 Å². The first-order valence-corrected chi connectivity index (χ1v) is 5.69. The Balaban J connectivity index is 2.03. The Hall–Kier alpha value is -1.97. The van der Waals surface area contributed by atoms with E-state index in [1.165, 1.54) is 0 Å². The van der Waals surface area contributed by atoms with E-state index < -0.39 is 0 Å². The predicted molar refractivity (Wildman–Crippen MR) is 62.8 cm³/mol. The first kappa shape index (κ1) is 11.5. The van der Waals surface area contributed by atoms with Crippen LogP contribution in [0.3, 0.4) is 0 Å². The molecule has 0 radical (unpaired) electrons. The van der Waals surface area contributed by atoms with E-state index in [1.807, 2.05) is 25.1 Å². The number of aryl methyl sites for hydroxylation is 1. The Labute approximate surface area is 99.7 Å². The molecule has 0 aliphatic carbocycles. The molecule has 0 aliphatic heterocycles. The second-order valence-electron chi connectivity index (χ2n) is 3.82. The van der Waals surface area contributed by atoms with Gasteiger partial charge in [0.05, 0.1) is 6.42 Å². The summed E-state index contributed by atoms with van der Waals surface area (Å²) in [4.78, 5) is 16.0. The molecule has 4 heteroatoms. The van der Waals surface area contributed by atoms with Crippen LogP contribution in [-0.2, 0) is 12.8 Å². The number of benzene rings is 1. The van der Waals surface area contributed by atoms with Crippen molar-refractivity contribution in [2.24, 2.45) is 0 Å². The predicted octanol–water partition coefficient (Wildman–Crippen LogP) is 2.45. The second-order valence-corrected chi connectivity index (χ2v) is 3.82. The highest BCUT2D eigenvalue weighted by molar-refractivity contribution is 5.96. The molecule has 2 aromatic rings. The number of Topliss-reactive ketones (excluding diaryl/α,β-unsaturated/α-hetero) is 1. The van der Waals surface area contributed by atoms with Gasteiger partial charge in [0.1, 0.15) is 0 Å². The molecular formula is C13H14N2O2. The summed E-state index contributed by atoms with van der Waals surface area (Å²) in [5.41, 5.74) is 0.669. The van der Waals surface area contributed by atoms with Crippen molar-refractivity contribution >= 4 is 5.78 Å². The minimum absolute atomic E-state index is 0.00250. The van der Waals surface area contributed by atoms with Gasteiger partial charge in [-0.1, -0.05) is 42.4 Å². The Morgan fingerprint density at radius 1 is 1.29 bits per heavy atom. The minimum atomic E-state index is -0.00250. The van der Waals surface area contributed by atoms with Gasteiger partial charge in [-0.2, -0.15) is 4.98 Å². The zero-order chi connectivity index (χ0) is 12.1. The fourth-order valence-corrected chi connectivity index (χ4v) is 1.55. The summed E-state index contributed by atoms with van der Waals surface area (Å²) in [6, 6.07) is 9.12. The SMILES string of the molecule is CCCc1noc(CC(=O)c2ccccc2)n1. The van der Waals surface area contributed by atoms with Gasteiger partial charge in [0.15, 0.2) is 11.6 Å². The molecule has 1 heterocycles. The highest BCUT2D eigenvalue weighted by atomic mass is 16.5. The molecule has 0 N–H and O–H groups in total. The number of carbonyl (C=O) groups excluding carboxylic acids is 1. The van der Waals surface area contributed by atoms with E-state index in [2.05, 4.69) is 10.1 Å². The van der Waals surface area contributed by atoms with Gasteiger partial charge in [-0.05, 0) is 6.42 Å². The van der Waals surface area contributed by atoms with Crippen molar-refractivity contribution in [3.63, 3.8) is 0 Å². The third kappa shape index (κ3) is 3.00. The van der Waals surface area contributed by atoms with Crippen LogP contribution in [0.25, 0.3) is 0 Å². The van der Waals surface area contributed by atoms with Gasteiger partial charge in [-0.25, -0.2) is 0 Å². The topological polar surface area (TPSA) is 56.0 Å². The van der Waals surface area contributed by atoms with Crippen LogP contribution in [0.4, 0.5) is 0 Å². The zero-order valence-electron chi connectivity index (χ0n) is 9.72. The van der Waals surface area contributed by atoms with Crippen LogP contribution in [0.15, 0.2) is 34.9 Å². The lowest BCUT2D eigenvalue weighted by atomic mass is 10.1.